The summed E-state index contributed by atoms with van der Waals surface area (Å²) in [4.78, 5) is 16.6. The number of hydrogen-bond acceptors (Lipinski definition) is 5. The van der Waals surface area contributed by atoms with Crippen LogP contribution in [0.15, 0.2) is 47.4 Å². The first-order valence-electron chi connectivity index (χ1n) is 8.40. The summed E-state index contributed by atoms with van der Waals surface area (Å²) in [6.07, 6.45) is 0.809. The largest absolute Gasteiger partial charge is 0.459 e. The number of benzene rings is 1. The van der Waals surface area contributed by atoms with Crippen LogP contribution in [-0.2, 0) is 26.2 Å². The Morgan fingerprint density at radius 1 is 1.11 bits per heavy atom. The molecule has 1 aromatic heterocycles. The average Bonchev–Trinajstić information content (AvgIpc) is 2.69. The molecule has 27 heavy (non-hydrogen) atoms. The minimum absolute atomic E-state index is 0.0687. The van der Waals surface area contributed by atoms with Crippen LogP contribution in [0.4, 0.5) is 0 Å². The first kappa shape index (κ1) is 20.1. The smallest absolute Gasteiger partial charge is 0.309 e. The van der Waals surface area contributed by atoms with Crippen LogP contribution in [0, 0.1) is 5.92 Å². The number of piperidine rings is 1. The van der Waals surface area contributed by atoms with Gasteiger partial charge in [0, 0.05) is 13.1 Å². The predicted octanol–water partition coefficient (Wildman–Crippen LogP) is 3.53. The summed E-state index contributed by atoms with van der Waals surface area (Å²) in [6.45, 7) is 0.473. The Balaban J connectivity index is 1.56. The zero-order valence-electron chi connectivity index (χ0n) is 14.3. The van der Waals surface area contributed by atoms with Gasteiger partial charge in [0.2, 0.25) is 10.0 Å². The van der Waals surface area contributed by atoms with E-state index < -0.39 is 10.0 Å². The molecule has 1 aliphatic heterocycles. The van der Waals surface area contributed by atoms with Gasteiger partial charge in [0.25, 0.3) is 0 Å². The van der Waals surface area contributed by atoms with Gasteiger partial charge in [-0.25, -0.2) is 13.4 Å². The number of pyridine rings is 1. The lowest BCUT2D eigenvalue weighted by molar-refractivity contribution is -0.151. The predicted molar refractivity (Wildman–Crippen MR) is 102 cm³/mol. The van der Waals surface area contributed by atoms with Gasteiger partial charge in [-0.2, -0.15) is 4.31 Å². The molecule has 2 aromatic rings. The Morgan fingerprint density at radius 2 is 1.78 bits per heavy atom. The van der Waals surface area contributed by atoms with Crippen molar-refractivity contribution in [3.63, 3.8) is 0 Å². The van der Waals surface area contributed by atoms with Crippen molar-refractivity contribution in [2.24, 2.45) is 5.92 Å². The van der Waals surface area contributed by atoms with Crippen molar-refractivity contribution >= 4 is 39.2 Å². The number of sulfonamides is 1. The van der Waals surface area contributed by atoms with Crippen molar-refractivity contribution in [1.29, 1.82) is 0 Å². The van der Waals surface area contributed by atoms with Gasteiger partial charge >= 0.3 is 5.97 Å². The van der Waals surface area contributed by atoms with E-state index in [1.165, 1.54) is 4.31 Å². The lowest BCUT2D eigenvalue weighted by Gasteiger charge is -2.30. The van der Waals surface area contributed by atoms with Gasteiger partial charge in [-0.1, -0.05) is 41.4 Å². The van der Waals surface area contributed by atoms with E-state index in [1.807, 2.05) is 0 Å². The first-order chi connectivity index (χ1) is 12.9. The number of carbonyl (C=O) groups is 1. The third kappa shape index (κ3) is 4.79. The molecule has 1 aromatic carbocycles. The summed E-state index contributed by atoms with van der Waals surface area (Å²) < 4.78 is 31.9. The first-order valence-corrected chi connectivity index (χ1v) is 10.6. The van der Waals surface area contributed by atoms with Crippen LogP contribution in [0.2, 0.25) is 10.2 Å². The summed E-state index contributed by atoms with van der Waals surface area (Å²) in [7, 11) is -3.54. The average molecular weight is 429 g/mol. The maximum Gasteiger partial charge on any atom is 0.309 e. The van der Waals surface area contributed by atoms with Crippen LogP contribution in [0.25, 0.3) is 0 Å². The second-order valence-electron chi connectivity index (χ2n) is 6.16. The van der Waals surface area contributed by atoms with E-state index in [9.17, 15) is 13.2 Å². The summed E-state index contributed by atoms with van der Waals surface area (Å²) in [6, 6.07) is 11.4. The summed E-state index contributed by atoms with van der Waals surface area (Å²) in [5.41, 5.74) is 0.390. The van der Waals surface area contributed by atoms with E-state index in [4.69, 9.17) is 27.9 Å². The highest BCUT2D eigenvalue weighted by molar-refractivity contribution is 7.89. The van der Waals surface area contributed by atoms with Crippen LogP contribution >= 0.6 is 23.2 Å². The third-order valence-electron chi connectivity index (χ3n) is 4.40. The second-order valence-corrected chi connectivity index (χ2v) is 8.89. The standard InChI is InChI=1S/C18H18Cl2N2O4S/c19-15-6-7-17(20)21-16(15)12-26-18(23)13-8-10-22(11-9-13)27(24,25)14-4-2-1-3-5-14/h1-7,13H,8-12H2. The van der Waals surface area contributed by atoms with Crippen molar-refractivity contribution in [3.8, 4) is 0 Å². The fraction of sp³-hybridized carbons (Fsp3) is 0.333. The van der Waals surface area contributed by atoms with Gasteiger partial charge in [-0.15, -0.1) is 0 Å². The molecular weight excluding hydrogens is 411 g/mol. The zero-order valence-corrected chi connectivity index (χ0v) is 16.7. The zero-order chi connectivity index (χ0) is 19.4. The minimum atomic E-state index is -3.54. The highest BCUT2D eigenvalue weighted by Crippen LogP contribution is 2.25. The monoisotopic (exact) mass is 428 g/mol. The van der Waals surface area contributed by atoms with Crippen molar-refractivity contribution in [3.05, 3.63) is 58.3 Å². The molecule has 0 bridgehead atoms. The van der Waals surface area contributed by atoms with E-state index in [0.29, 0.717) is 23.6 Å². The Labute approximate surface area is 168 Å². The summed E-state index contributed by atoms with van der Waals surface area (Å²) >= 11 is 11.8. The number of ether oxygens (including phenoxy) is 1. The Hall–Kier alpha value is -1.67. The number of rotatable bonds is 5. The van der Waals surface area contributed by atoms with Gasteiger partial charge in [-0.3, -0.25) is 4.79 Å². The number of carbonyl (C=O) groups excluding carboxylic acids is 1. The van der Waals surface area contributed by atoms with E-state index in [-0.39, 0.29) is 41.6 Å². The maximum atomic E-state index is 12.6. The second kappa shape index (κ2) is 8.56. The maximum absolute atomic E-state index is 12.6. The Morgan fingerprint density at radius 3 is 2.44 bits per heavy atom. The molecule has 0 radical (unpaired) electrons. The molecule has 1 fully saturated rings. The Bertz CT molecular complexity index is 914. The SMILES string of the molecule is O=C(OCc1nc(Cl)ccc1Cl)C1CCN(S(=O)(=O)c2ccccc2)CC1. The van der Waals surface area contributed by atoms with Gasteiger partial charge in [0.1, 0.15) is 11.8 Å². The molecule has 1 aliphatic rings. The van der Waals surface area contributed by atoms with E-state index in [0.717, 1.165) is 0 Å². The number of hydrogen-bond donors (Lipinski definition) is 0. The highest BCUT2D eigenvalue weighted by atomic mass is 35.5. The molecule has 0 saturated carbocycles. The van der Waals surface area contributed by atoms with Crippen molar-refractivity contribution < 1.29 is 17.9 Å². The van der Waals surface area contributed by atoms with Crippen LogP contribution in [-0.4, -0.2) is 36.8 Å². The van der Waals surface area contributed by atoms with E-state index in [1.54, 1.807) is 42.5 Å². The highest BCUT2D eigenvalue weighted by Gasteiger charge is 2.32. The number of esters is 1. The topological polar surface area (TPSA) is 76.6 Å². The molecule has 144 valence electrons. The van der Waals surface area contributed by atoms with E-state index in [2.05, 4.69) is 4.98 Å². The lowest BCUT2D eigenvalue weighted by Crippen LogP contribution is -2.40. The molecule has 1 saturated heterocycles. The van der Waals surface area contributed by atoms with Crippen molar-refractivity contribution in [2.75, 3.05) is 13.1 Å². The molecule has 0 atom stereocenters. The van der Waals surface area contributed by atoms with Crippen LogP contribution in [0.3, 0.4) is 0 Å². The van der Waals surface area contributed by atoms with E-state index >= 15 is 0 Å². The molecular formula is C18H18Cl2N2O4S. The molecule has 0 N–H and O–H groups in total. The summed E-state index contributed by atoms with van der Waals surface area (Å²) in [5, 5.41) is 0.640. The molecule has 9 heteroatoms. The lowest BCUT2D eigenvalue weighted by atomic mass is 9.98. The minimum Gasteiger partial charge on any atom is -0.459 e. The van der Waals surface area contributed by atoms with Gasteiger partial charge in [-0.05, 0) is 37.1 Å². The number of nitrogens with zero attached hydrogens (tertiary/aromatic N) is 2. The molecule has 0 spiro atoms. The summed E-state index contributed by atoms with van der Waals surface area (Å²) in [5.74, 6) is -0.741. The molecule has 6 nitrogen and oxygen atoms in total. The molecule has 2 heterocycles. The van der Waals surface area contributed by atoms with Gasteiger partial charge < -0.3 is 4.74 Å². The number of halogens is 2. The van der Waals surface area contributed by atoms with Crippen molar-refractivity contribution in [2.45, 2.75) is 24.3 Å². The molecule has 0 amide bonds. The van der Waals surface area contributed by atoms with Gasteiger partial charge in [0.05, 0.1) is 21.5 Å². The fourth-order valence-electron chi connectivity index (χ4n) is 2.89. The number of aromatic nitrogens is 1. The third-order valence-corrected chi connectivity index (χ3v) is 6.87. The fourth-order valence-corrected chi connectivity index (χ4v) is 4.71. The van der Waals surface area contributed by atoms with Crippen LogP contribution in [0.1, 0.15) is 18.5 Å². The van der Waals surface area contributed by atoms with Crippen molar-refractivity contribution in [1.82, 2.24) is 9.29 Å². The molecule has 3 rings (SSSR count). The molecule has 0 aliphatic carbocycles. The van der Waals surface area contributed by atoms with Crippen LogP contribution in [0.5, 0.6) is 0 Å². The Kier molecular flexibility index (Phi) is 6.37. The van der Waals surface area contributed by atoms with Crippen LogP contribution < -0.4 is 0 Å². The quantitative estimate of drug-likeness (QED) is 0.537. The normalized spacial score (nSPS) is 16.2. The van der Waals surface area contributed by atoms with Gasteiger partial charge in [0.15, 0.2) is 0 Å². The molecule has 0 unspecified atom stereocenters.